The van der Waals surface area contributed by atoms with Crippen LogP contribution in [0, 0.1) is 0 Å². The zero-order valence-corrected chi connectivity index (χ0v) is 17.0. The van der Waals surface area contributed by atoms with Crippen molar-refractivity contribution in [2.45, 2.75) is 84.1 Å². The molecule has 2 unspecified atom stereocenters. The average molecular weight is 386 g/mol. The highest BCUT2D eigenvalue weighted by Gasteiger charge is 2.45. The predicted octanol–water partition coefficient (Wildman–Crippen LogP) is 3.67. The standard InChI is InChI=1S/C20H36N2O5/c1-3-5-6-7-8-9-10-11-12-13-17-14-22(4-2,15-18(23)24)20(21-17)27-16-19(25)26/h17H,3-16H2,1-2H3,(H-,23,24,25,26)/p+1. The van der Waals surface area contributed by atoms with E-state index < -0.39 is 18.5 Å². The van der Waals surface area contributed by atoms with Gasteiger partial charge in [-0.2, -0.15) is 4.99 Å². The molecule has 0 radical (unpaired) electrons. The minimum Gasteiger partial charge on any atom is -0.479 e. The number of aliphatic imine (C=N–C) groups is 1. The predicted molar refractivity (Wildman–Crippen MR) is 105 cm³/mol. The lowest BCUT2D eigenvalue weighted by atomic mass is 10.0. The van der Waals surface area contributed by atoms with E-state index >= 15 is 0 Å². The molecule has 27 heavy (non-hydrogen) atoms. The first-order valence-corrected chi connectivity index (χ1v) is 10.4. The van der Waals surface area contributed by atoms with Gasteiger partial charge in [-0.1, -0.05) is 64.7 Å². The Kier molecular flexibility index (Phi) is 11.0. The zero-order chi connectivity index (χ0) is 20.1. The van der Waals surface area contributed by atoms with Crippen molar-refractivity contribution in [2.24, 2.45) is 4.99 Å². The lowest BCUT2D eigenvalue weighted by molar-refractivity contribution is -0.836. The first kappa shape index (κ1) is 23.4. The van der Waals surface area contributed by atoms with Gasteiger partial charge < -0.3 is 14.9 Å². The van der Waals surface area contributed by atoms with Crippen LogP contribution in [-0.2, 0) is 14.3 Å². The summed E-state index contributed by atoms with van der Waals surface area (Å²) in [4.78, 5) is 26.7. The van der Waals surface area contributed by atoms with Crippen LogP contribution < -0.4 is 0 Å². The third kappa shape index (κ3) is 8.73. The van der Waals surface area contributed by atoms with Gasteiger partial charge in [0, 0.05) is 0 Å². The fraction of sp³-hybridized carbons (Fsp3) is 0.850. The number of rotatable bonds is 15. The molecule has 1 aliphatic rings. The molecular weight excluding hydrogens is 348 g/mol. The fourth-order valence-corrected chi connectivity index (χ4v) is 3.72. The Hall–Kier alpha value is -1.63. The van der Waals surface area contributed by atoms with Crippen LogP contribution in [0.4, 0.5) is 0 Å². The molecule has 7 heteroatoms. The fourth-order valence-electron chi connectivity index (χ4n) is 3.72. The number of amidine groups is 1. The first-order valence-electron chi connectivity index (χ1n) is 10.4. The molecule has 0 aromatic rings. The van der Waals surface area contributed by atoms with Gasteiger partial charge in [-0.3, -0.25) is 0 Å². The van der Waals surface area contributed by atoms with E-state index in [0.29, 0.717) is 13.1 Å². The lowest BCUT2D eigenvalue weighted by Crippen LogP contribution is -2.55. The molecule has 0 spiro atoms. The Labute approximate surface area is 163 Å². The molecule has 1 aliphatic heterocycles. The summed E-state index contributed by atoms with van der Waals surface area (Å²) in [5.41, 5.74) is 0. The summed E-state index contributed by atoms with van der Waals surface area (Å²) in [6.07, 6.45) is 12.2. The number of hydrogen-bond acceptors (Lipinski definition) is 4. The second kappa shape index (κ2) is 12.7. The number of ether oxygens (including phenoxy) is 1. The van der Waals surface area contributed by atoms with Crippen LogP contribution >= 0.6 is 0 Å². The van der Waals surface area contributed by atoms with E-state index in [9.17, 15) is 14.7 Å². The van der Waals surface area contributed by atoms with Crippen molar-refractivity contribution in [1.82, 2.24) is 0 Å². The van der Waals surface area contributed by atoms with Gasteiger partial charge >= 0.3 is 18.0 Å². The van der Waals surface area contributed by atoms with Crippen molar-refractivity contribution < 1.29 is 29.0 Å². The SMILES string of the molecule is CCCCCCCCCCCC1C[N+](CC)(CC(=O)O)C(OCC(=O)O)=N1. The molecule has 156 valence electrons. The van der Waals surface area contributed by atoms with Gasteiger partial charge in [0.15, 0.2) is 13.2 Å². The number of carboxylic acids is 2. The molecule has 0 bridgehead atoms. The minimum atomic E-state index is -1.08. The van der Waals surface area contributed by atoms with E-state index in [4.69, 9.17) is 9.84 Å². The maximum Gasteiger partial charge on any atom is 0.395 e. The zero-order valence-electron chi connectivity index (χ0n) is 17.0. The third-order valence-electron chi connectivity index (χ3n) is 5.27. The summed E-state index contributed by atoms with van der Waals surface area (Å²) in [5, 5.41) is 18.1. The van der Waals surface area contributed by atoms with Crippen LogP contribution in [0.25, 0.3) is 0 Å². The molecular formula is C20H37N2O5+. The number of aliphatic carboxylic acids is 2. The van der Waals surface area contributed by atoms with Crippen molar-refractivity contribution in [3.05, 3.63) is 0 Å². The van der Waals surface area contributed by atoms with Crippen LogP contribution in [0.1, 0.15) is 78.1 Å². The normalized spacial score (nSPS) is 21.9. The van der Waals surface area contributed by atoms with E-state index in [1.54, 1.807) is 0 Å². The van der Waals surface area contributed by atoms with E-state index in [-0.39, 0.29) is 23.1 Å². The van der Waals surface area contributed by atoms with Crippen molar-refractivity contribution in [2.75, 3.05) is 26.2 Å². The van der Waals surface area contributed by atoms with Crippen LogP contribution in [0.15, 0.2) is 4.99 Å². The number of hydrogen-bond donors (Lipinski definition) is 2. The van der Waals surface area contributed by atoms with Crippen LogP contribution in [0.3, 0.4) is 0 Å². The second-order valence-electron chi connectivity index (χ2n) is 7.56. The topological polar surface area (TPSA) is 96.2 Å². The summed E-state index contributed by atoms with van der Waals surface area (Å²) in [7, 11) is 0. The lowest BCUT2D eigenvalue weighted by Gasteiger charge is -2.30. The molecule has 0 saturated carbocycles. The number of carbonyl (C=O) groups is 2. The monoisotopic (exact) mass is 385 g/mol. The van der Waals surface area contributed by atoms with Crippen molar-refractivity contribution in [3.8, 4) is 0 Å². The largest absolute Gasteiger partial charge is 0.479 e. The Morgan fingerprint density at radius 2 is 1.59 bits per heavy atom. The molecule has 1 heterocycles. The number of likely N-dealkylation sites (N-methyl/N-ethyl adjacent to an activating group) is 1. The summed E-state index contributed by atoms with van der Waals surface area (Å²) < 4.78 is 5.46. The molecule has 0 saturated heterocycles. The summed E-state index contributed by atoms with van der Waals surface area (Å²) in [6.45, 7) is 4.62. The van der Waals surface area contributed by atoms with Gasteiger partial charge in [-0.05, 0) is 13.3 Å². The highest BCUT2D eigenvalue weighted by molar-refractivity contribution is 5.77. The van der Waals surface area contributed by atoms with Crippen LogP contribution in [0.2, 0.25) is 0 Å². The molecule has 0 aromatic carbocycles. The summed E-state index contributed by atoms with van der Waals surface area (Å²) >= 11 is 0. The van der Waals surface area contributed by atoms with Gasteiger partial charge in [0.05, 0.1) is 6.54 Å². The minimum absolute atomic E-state index is 0.0117. The number of unbranched alkanes of at least 4 members (excludes halogenated alkanes) is 8. The van der Waals surface area contributed by atoms with Crippen LogP contribution in [0.5, 0.6) is 0 Å². The van der Waals surface area contributed by atoms with Gasteiger partial charge in [0.1, 0.15) is 12.6 Å². The van der Waals surface area contributed by atoms with Gasteiger partial charge in [0.25, 0.3) is 0 Å². The van der Waals surface area contributed by atoms with E-state index in [2.05, 4.69) is 11.9 Å². The molecule has 7 nitrogen and oxygen atoms in total. The molecule has 2 N–H and O–H groups in total. The van der Waals surface area contributed by atoms with Crippen LogP contribution in [-0.4, -0.2) is 64.9 Å². The maximum absolute atomic E-state index is 11.3. The second-order valence-corrected chi connectivity index (χ2v) is 7.56. The van der Waals surface area contributed by atoms with Crippen molar-refractivity contribution in [1.29, 1.82) is 0 Å². The highest BCUT2D eigenvalue weighted by Crippen LogP contribution is 2.24. The maximum atomic E-state index is 11.3. The Morgan fingerprint density at radius 1 is 1.00 bits per heavy atom. The quantitative estimate of drug-likeness (QED) is 0.331. The molecule has 0 aromatic heterocycles. The number of nitrogens with zero attached hydrogens (tertiary/aromatic N) is 2. The van der Waals surface area contributed by atoms with E-state index in [1.807, 2.05) is 6.92 Å². The molecule has 0 aliphatic carbocycles. The number of quaternary nitrogens is 1. The molecule has 1 rings (SSSR count). The number of carboxylic acid groups (broad SMARTS) is 2. The summed E-state index contributed by atoms with van der Waals surface area (Å²) in [5.74, 6) is -2.00. The van der Waals surface area contributed by atoms with E-state index in [0.717, 1.165) is 19.3 Å². The Morgan fingerprint density at radius 3 is 2.11 bits per heavy atom. The van der Waals surface area contributed by atoms with Crippen molar-refractivity contribution in [3.63, 3.8) is 0 Å². The van der Waals surface area contributed by atoms with E-state index in [1.165, 1.54) is 44.9 Å². The van der Waals surface area contributed by atoms with Gasteiger partial charge in [-0.25, -0.2) is 14.1 Å². The molecule has 2 atom stereocenters. The van der Waals surface area contributed by atoms with Crippen molar-refractivity contribution >= 4 is 18.0 Å². The van der Waals surface area contributed by atoms with Gasteiger partial charge in [0.2, 0.25) is 0 Å². The third-order valence-corrected chi connectivity index (χ3v) is 5.27. The summed E-state index contributed by atoms with van der Waals surface area (Å²) in [6, 6.07) is 0.279. The van der Waals surface area contributed by atoms with Gasteiger partial charge in [-0.15, -0.1) is 0 Å². The molecule has 0 fully saturated rings. The molecule has 0 amide bonds. The average Bonchev–Trinajstić information content (AvgIpc) is 2.95. The smallest absolute Gasteiger partial charge is 0.395 e. The highest BCUT2D eigenvalue weighted by atomic mass is 16.5. The Balaban J connectivity index is 2.42. The first-order chi connectivity index (χ1) is 12.9. The Bertz CT molecular complexity index is 495.